The van der Waals surface area contributed by atoms with E-state index in [1.807, 2.05) is 0 Å². The second kappa shape index (κ2) is 4.21. The molecule has 2 aromatic rings. The topological polar surface area (TPSA) is 70.4 Å². The highest BCUT2D eigenvalue weighted by molar-refractivity contribution is 5.98. The second-order valence-electron chi connectivity index (χ2n) is 3.37. The van der Waals surface area contributed by atoms with E-state index in [0.29, 0.717) is 0 Å². The molecule has 4 nitrogen and oxygen atoms in total. The van der Waals surface area contributed by atoms with Crippen LogP contribution in [0.15, 0.2) is 36.7 Å². The first kappa shape index (κ1) is 11.1. The van der Waals surface area contributed by atoms with Gasteiger partial charge in [-0.1, -0.05) is 18.2 Å². The fourth-order valence-electron chi connectivity index (χ4n) is 1.56. The van der Waals surface area contributed by atoms with Crippen LogP contribution in [0.1, 0.15) is 10.4 Å². The highest BCUT2D eigenvalue weighted by Gasteiger charge is 2.18. The summed E-state index contributed by atoms with van der Waals surface area (Å²) in [5.41, 5.74) is -0.214. The SMILES string of the molecule is O=C(O)c1c(O)cncc1-c1ccccc1F. The van der Waals surface area contributed by atoms with Gasteiger partial charge in [-0.15, -0.1) is 0 Å². The van der Waals surface area contributed by atoms with Crippen LogP contribution in [0.5, 0.6) is 5.75 Å². The molecule has 0 saturated heterocycles. The Morgan fingerprint density at radius 2 is 1.88 bits per heavy atom. The maximum absolute atomic E-state index is 13.5. The van der Waals surface area contributed by atoms with Crippen molar-refractivity contribution < 1.29 is 19.4 Å². The zero-order valence-electron chi connectivity index (χ0n) is 8.59. The Hall–Kier alpha value is -2.43. The number of carboxylic acid groups (broad SMARTS) is 1. The zero-order chi connectivity index (χ0) is 12.4. The van der Waals surface area contributed by atoms with Gasteiger partial charge in [-0.2, -0.15) is 0 Å². The van der Waals surface area contributed by atoms with Crippen molar-refractivity contribution in [3.8, 4) is 16.9 Å². The summed E-state index contributed by atoms with van der Waals surface area (Å²) in [5.74, 6) is -2.39. The van der Waals surface area contributed by atoms with E-state index in [0.717, 1.165) is 6.20 Å². The molecular weight excluding hydrogens is 225 g/mol. The van der Waals surface area contributed by atoms with E-state index in [4.69, 9.17) is 5.11 Å². The van der Waals surface area contributed by atoms with E-state index in [1.54, 1.807) is 6.07 Å². The van der Waals surface area contributed by atoms with E-state index in [9.17, 15) is 14.3 Å². The van der Waals surface area contributed by atoms with Gasteiger partial charge in [0.15, 0.2) is 0 Å². The van der Waals surface area contributed by atoms with Crippen LogP contribution in [0.2, 0.25) is 0 Å². The lowest BCUT2D eigenvalue weighted by Crippen LogP contribution is -2.01. The Labute approximate surface area is 96.0 Å². The van der Waals surface area contributed by atoms with Crippen molar-refractivity contribution >= 4 is 5.97 Å². The Bertz CT molecular complexity index is 584. The first-order valence-corrected chi connectivity index (χ1v) is 4.76. The molecular formula is C12H8FNO3. The third-order valence-electron chi connectivity index (χ3n) is 2.30. The Kier molecular flexibility index (Phi) is 2.74. The van der Waals surface area contributed by atoms with Crippen LogP contribution in [0, 0.1) is 5.82 Å². The average molecular weight is 233 g/mol. The predicted octanol–water partition coefficient (Wildman–Crippen LogP) is 2.29. The number of pyridine rings is 1. The fraction of sp³-hybridized carbons (Fsp3) is 0. The molecule has 0 aliphatic rings. The van der Waals surface area contributed by atoms with E-state index < -0.39 is 17.5 Å². The number of nitrogens with zero attached hydrogens (tertiary/aromatic N) is 1. The van der Waals surface area contributed by atoms with Crippen molar-refractivity contribution in [3.05, 3.63) is 48.0 Å². The van der Waals surface area contributed by atoms with E-state index >= 15 is 0 Å². The molecule has 86 valence electrons. The number of rotatable bonds is 2. The molecule has 1 aromatic carbocycles. The summed E-state index contributed by atoms with van der Waals surface area (Å²) in [4.78, 5) is 14.7. The molecule has 0 aliphatic heterocycles. The molecule has 0 amide bonds. The quantitative estimate of drug-likeness (QED) is 0.834. The molecule has 2 rings (SSSR count). The molecule has 0 radical (unpaired) electrons. The molecule has 0 unspecified atom stereocenters. The number of carboxylic acids is 1. The standard InChI is InChI=1S/C12H8FNO3/c13-9-4-2-1-3-7(9)8-5-14-6-10(15)11(8)12(16)17/h1-6,15H,(H,16,17). The van der Waals surface area contributed by atoms with E-state index in [-0.39, 0.29) is 16.7 Å². The smallest absolute Gasteiger partial charge is 0.340 e. The number of benzene rings is 1. The van der Waals surface area contributed by atoms with Crippen LogP contribution in [0.25, 0.3) is 11.1 Å². The monoisotopic (exact) mass is 233 g/mol. The van der Waals surface area contributed by atoms with Crippen LogP contribution < -0.4 is 0 Å². The van der Waals surface area contributed by atoms with Gasteiger partial charge in [0.25, 0.3) is 0 Å². The molecule has 1 aromatic heterocycles. The summed E-state index contributed by atoms with van der Waals surface area (Å²) >= 11 is 0. The van der Waals surface area contributed by atoms with Crippen molar-refractivity contribution in [2.45, 2.75) is 0 Å². The highest BCUT2D eigenvalue weighted by Crippen LogP contribution is 2.30. The molecule has 1 heterocycles. The lowest BCUT2D eigenvalue weighted by Gasteiger charge is -2.07. The van der Waals surface area contributed by atoms with Crippen LogP contribution >= 0.6 is 0 Å². The molecule has 0 fully saturated rings. The zero-order valence-corrected chi connectivity index (χ0v) is 8.59. The third kappa shape index (κ3) is 1.94. The van der Waals surface area contributed by atoms with E-state index in [2.05, 4.69) is 4.98 Å². The molecule has 0 aliphatic carbocycles. The van der Waals surface area contributed by atoms with Gasteiger partial charge < -0.3 is 10.2 Å². The number of halogens is 1. The summed E-state index contributed by atoms with van der Waals surface area (Å²) in [6.45, 7) is 0. The number of hydrogen-bond donors (Lipinski definition) is 2. The Balaban J connectivity index is 2.72. The number of aromatic carboxylic acids is 1. The van der Waals surface area contributed by atoms with Gasteiger partial charge >= 0.3 is 5.97 Å². The molecule has 0 bridgehead atoms. The summed E-state index contributed by atoms with van der Waals surface area (Å²) in [7, 11) is 0. The highest BCUT2D eigenvalue weighted by atomic mass is 19.1. The molecule has 17 heavy (non-hydrogen) atoms. The Morgan fingerprint density at radius 1 is 1.18 bits per heavy atom. The van der Waals surface area contributed by atoms with Crippen LogP contribution in [0.3, 0.4) is 0 Å². The number of aromatic nitrogens is 1. The lowest BCUT2D eigenvalue weighted by atomic mass is 10.0. The second-order valence-corrected chi connectivity index (χ2v) is 3.37. The van der Waals surface area contributed by atoms with E-state index in [1.165, 1.54) is 24.4 Å². The van der Waals surface area contributed by atoms with Gasteiger partial charge in [0.05, 0.1) is 6.20 Å². The molecule has 0 atom stereocenters. The Morgan fingerprint density at radius 3 is 2.53 bits per heavy atom. The minimum Gasteiger partial charge on any atom is -0.505 e. The van der Waals surface area contributed by atoms with Crippen molar-refractivity contribution in [2.24, 2.45) is 0 Å². The normalized spacial score (nSPS) is 10.2. The van der Waals surface area contributed by atoms with Gasteiger partial charge in [-0.25, -0.2) is 9.18 Å². The van der Waals surface area contributed by atoms with Crippen molar-refractivity contribution in [1.82, 2.24) is 4.98 Å². The van der Waals surface area contributed by atoms with Gasteiger partial charge in [0, 0.05) is 17.3 Å². The summed E-state index contributed by atoms with van der Waals surface area (Å²) in [5, 5.41) is 18.4. The number of carbonyl (C=O) groups is 1. The maximum atomic E-state index is 13.5. The molecule has 5 heteroatoms. The number of hydrogen-bond acceptors (Lipinski definition) is 3. The predicted molar refractivity (Wildman–Crippen MR) is 58.3 cm³/mol. The van der Waals surface area contributed by atoms with Crippen molar-refractivity contribution in [3.63, 3.8) is 0 Å². The first-order valence-electron chi connectivity index (χ1n) is 4.76. The fourth-order valence-corrected chi connectivity index (χ4v) is 1.56. The number of aromatic hydroxyl groups is 1. The van der Waals surface area contributed by atoms with Crippen molar-refractivity contribution in [2.75, 3.05) is 0 Å². The molecule has 0 spiro atoms. The van der Waals surface area contributed by atoms with Gasteiger partial charge in [-0.05, 0) is 6.07 Å². The lowest BCUT2D eigenvalue weighted by molar-refractivity contribution is 0.0694. The van der Waals surface area contributed by atoms with Gasteiger partial charge in [0.2, 0.25) is 0 Å². The molecule has 0 saturated carbocycles. The minimum absolute atomic E-state index is 0.0515. The summed E-state index contributed by atoms with van der Waals surface area (Å²) in [6, 6.07) is 5.72. The molecule has 2 N–H and O–H groups in total. The van der Waals surface area contributed by atoms with Gasteiger partial charge in [-0.3, -0.25) is 4.98 Å². The summed E-state index contributed by atoms with van der Waals surface area (Å²) in [6.07, 6.45) is 2.22. The van der Waals surface area contributed by atoms with Crippen LogP contribution in [-0.2, 0) is 0 Å². The first-order chi connectivity index (χ1) is 8.11. The largest absolute Gasteiger partial charge is 0.505 e. The minimum atomic E-state index is -1.33. The third-order valence-corrected chi connectivity index (χ3v) is 2.30. The summed E-state index contributed by atoms with van der Waals surface area (Å²) < 4.78 is 13.5. The van der Waals surface area contributed by atoms with Gasteiger partial charge in [0.1, 0.15) is 17.1 Å². The van der Waals surface area contributed by atoms with Crippen molar-refractivity contribution in [1.29, 1.82) is 0 Å². The van der Waals surface area contributed by atoms with Crippen LogP contribution in [0.4, 0.5) is 4.39 Å². The maximum Gasteiger partial charge on any atom is 0.340 e. The van der Waals surface area contributed by atoms with Crippen LogP contribution in [-0.4, -0.2) is 21.2 Å². The average Bonchev–Trinajstić information content (AvgIpc) is 2.28.